The summed E-state index contributed by atoms with van der Waals surface area (Å²) in [6.07, 6.45) is 10.3. The molecule has 0 radical (unpaired) electrons. The number of hydrogen-bond acceptors (Lipinski definition) is 3. The third-order valence-electron chi connectivity index (χ3n) is 3.38. The first kappa shape index (κ1) is 11.5. The van der Waals surface area contributed by atoms with Crippen molar-refractivity contribution in [1.82, 2.24) is 24.6 Å². The molecule has 2 aromatic heterocycles. The topological polar surface area (TPSA) is 47.7 Å². The van der Waals surface area contributed by atoms with Crippen LogP contribution in [0.15, 0.2) is 31.0 Å². The van der Waals surface area contributed by atoms with Crippen LogP contribution in [0.5, 0.6) is 0 Å². The van der Waals surface area contributed by atoms with E-state index in [-0.39, 0.29) is 0 Å². The lowest BCUT2D eigenvalue weighted by atomic mass is 10.3. The van der Waals surface area contributed by atoms with Gasteiger partial charge in [0.15, 0.2) is 0 Å². The van der Waals surface area contributed by atoms with E-state index in [1.807, 2.05) is 35.7 Å². The van der Waals surface area contributed by atoms with Crippen LogP contribution in [0.25, 0.3) is 0 Å². The molecule has 1 saturated carbocycles. The molecule has 1 fully saturated rings. The maximum Gasteiger partial charge on any atom is 0.0951 e. The Kier molecular flexibility index (Phi) is 3.15. The first-order valence-corrected chi connectivity index (χ1v) is 6.54. The lowest BCUT2D eigenvalue weighted by Crippen LogP contribution is -2.21. The molecule has 0 aromatic carbocycles. The minimum atomic E-state index is 0.364. The molecule has 5 heteroatoms. The second-order valence-electron chi connectivity index (χ2n) is 5.02. The van der Waals surface area contributed by atoms with Gasteiger partial charge in [-0.2, -0.15) is 5.10 Å². The monoisotopic (exact) mass is 245 g/mol. The van der Waals surface area contributed by atoms with Gasteiger partial charge in [0.25, 0.3) is 0 Å². The Hall–Kier alpha value is -1.62. The predicted molar refractivity (Wildman–Crippen MR) is 69.0 cm³/mol. The quantitative estimate of drug-likeness (QED) is 0.840. The van der Waals surface area contributed by atoms with Gasteiger partial charge >= 0.3 is 0 Å². The number of hydrogen-bond donors (Lipinski definition) is 1. The van der Waals surface area contributed by atoms with Gasteiger partial charge in [0.05, 0.1) is 24.6 Å². The normalized spacial score (nSPS) is 16.9. The van der Waals surface area contributed by atoms with Crippen molar-refractivity contribution in [1.29, 1.82) is 0 Å². The van der Waals surface area contributed by atoms with E-state index in [0.29, 0.717) is 6.04 Å². The van der Waals surface area contributed by atoms with Crippen molar-refractivity contribution in [2.24, 2.45) is 0 Å². The number of rotatable bonds is 6. The van der Waals surface area contributed by atoms with Gasteiger partial charge in [0.2, 0.25) is 0 Å². The summed E-state index contributed by atoms with van der Waals surface area (Å²) in [6.45, 7) is 3.98. The molecular weight excluding hydrogens is 226 g/mol. The van der Waals surface area contributed by atoms with Crippen LogP contribution in [0.4, 0.5) is 0 Å². The molecule has 1 N–H and O–H groups in total. The van der Waals surface area contributed by atoms with E-state index >= 15 is 0 Å². The van der Waals surface area contributed by atoms with Crippen molar-refractivity contribution in [3.8, 4) is 0 Å². The van der Waals surface area contributed by atoms with Crippen LogP contribution in [-0.2, 0) is 13.1 Å². The van der Waals surface area contributed by atoms with Crippen molar-refractivity contribution < 1.29 is 0 Å². The molecule has 0 saturated heterocycles. The summed E-state index contributed by atoms with van der Waals surface area (Å²) in [5.74, 6) is 0. The molecule has 1 atom stereocenters. The molecule has 1 aliphatic rings. The van der Waals surface area contributed by atoms with Crippen molar-refractivity contribution in [3.63, 3.8) is 0 Å². The van der Waals surface area contributed by atoms with Crippen LogP contribution in [0.1, 0.15) is 31.5 Å². The Morgan fingerprint density at radius 2 is 2.39 bits per heavy atom. The summed E-state index contributed by atoms with van der Waals surface area (Å²) in [4.78, 5) is 4.26. The number of imidazole rings is 1. The van der Waals surface area contributed by atoms with Gasteiger partial charge in [-0.25, -0.2) is 4.98 Å². The molecule has 2 aromatic rings. The fourth-order valence-corrected chi connectivity index (χ4v) is 2.17. The lowest BCUT2D eigenvalue weighted by Gasteiger charge is -2.17. The molecule has 96 valence electrons. The average molecular weight is 245 g/mol. The zero-order valence-electron chi connectivity index (χ0n) is 10.7. The number of nitrogens with zero attached hydrogens (tertiary/aromatic N) is 4. The van der Waals surface area contributed by atoms with Crippen molar-refractivity contribution in [2.45, 2.75) is 44.9 Å². The predicted octanol–water partition coefficient (Wildman–Crippen LogP) is 1.59. The maximum atomic E-state index is 4.26. The molecule has 3 rings (SSSR count). The van der Waals surface area contributed by atoms with Crippen molar-refractivity contribution in [3.05, 3.63) is 36.7 Å². The fraction of sp³-hybridized carbons (Fsp3) is 0.538. The van der Waals surface area contributed by atoms with E-state index in [2.05, 4.69) is 26.9 Å². The largest absolute Gasteiger partial charge is 0.329 e. The van der Waals surface area contributed by atoms with Crippen LogP contribution in [-0.4, -0.2) is 25.4 Å². The zero-order chi connectivity index (χ0) is 12.4. The summed E-state index contributed by atoms with van der Waals surface area (Å²) in [5.41, 5.74) is 1.25. The van der Waals surface area contributed by atoms with Crippen LogP contribution in [0.3, 0.4) is 0 Å². The average Bonchev–Trinajstić information content (AvgIpc) is 2.88. The van der Waals surface area contributed by atoms with Gasteiger partial charge in [-0.15, -0.1) is 0 Å². The Labute approximate surface area is 107 Å². The van der Waals surface area contributed by atoms with Gasteiger partial charge in [-0.3, -0.25) is 4.68 Å². The van der Waals surface area contributed by atoms with E-state index in [1.54, 1.807) is 0 Å². The summed E-state index contributed by atoms with van der Waals surface area (Å²) in [5, 5.41) is 7.78. The highest BCUT2D eigenvalue weighted by Gasteiger charge is 2.21. The molecule has 0 spiro atoms. The van der Waals surface area contributed by atoms with Gasteiger partial charge in [0.1, 0.15) is 0 Å². The van der Waals surface area contributed by atoms with Crippen molar-refractivity contribution >= 4 is 0 Å². The Morgan fingerprint density at radius 1 is 1.50 bits per heavy atom. The van der Waals surface area contributed by atoms with Gasteiger partial charge in [0, 0.05) is 31.2 Å². The molecule has 0 bridgehead atoms. The second-order valence-corrected chi connectivity index (χ2v) is 5.02. The first-order chi connectivity index (χ1) is 8.83. The maximum absolute atomic E-state index is 4.26. The Bertz CT molecular complexity index is 483. The second kappa shape index (κ2) is 4.94. The molecule has 0 aliphatic heterocycles. The van der Waals surface area contributed by atoms with E-state index in [0.717, 1.165) is 19.1 Å². The molecule has 1 unspecified atom stereocenters. The molecule has 2 heterocycles. The van der Waals surface area contributed by atoms with Gasteiger partial charge in [-0.1, -0.05) is 0 Å². The smallest absolute Gasteiger partial charge is 0.0951 e. The Balaban J connectivity index is 1.64. The third kappa shape index (κ3) is 2.61. The van der Waals surface area contributed by atoms with E-state index in [1.165, 1.54) is 18.5 Å². The van der Waals surface area contributed by atoms with Crippen LogP contribution in [0, 0.1) is 0 Å². The summed E-state index contributed by atoms with van der Waals surface area (Å²) < 4.78 is 4.19. The molecular formula is C13H19N5. The van der Waals surface area contributed by atoms with E-state index < -0.39 is 0 Å². The number of aromatic nitrogens is 4. The van der Waals surface area contributed by atoms with Gasteiger partial charge in [-0.05, 0) is 25.8 Å². The number of nitrogens with one attached hydrogen (secondary N) is 1. The van der Waals surface area contributed by atoms with Gasteiger partial charge < -0.3 is 9.88 Å². The van der Waals surface area contributed by atoms with Crippen LogP contribution in [0.2, 0.25) is 0 Å². The molecule has 1 aliphatic carbocycles. The lowest BCUT2D eigenvalue weighted by molar-refractivity contribution is 0.423. The standard InChI is InChI=1S/C13H19N5/c1-11(9-17-6-2-5-16-17)18-10-14-7-13(18)8-15-12-3-4-12/h2,5-7,10-12,15H,3-4,8-9H2,1H3. The van der Waals surface area contributed by atoms with E-state index in [9.17, 15) is 0 Å². The highest BCUT2D eigenvalue weighted by Crippen LogP contribution is 2.20. The molecule has 18 heavy (non-hydrogen) atoms. The Morgan fingerprint density at radius 3 is 3.11 bits per heavy atom. The highest BCUT2D eigenvalue weighted by atomic mass is 15.3. The fourth-order valence-electron chi connectivity index (χ4n) is 2.17. The summed E-state index contributed by atoms with van der Waals surface area (Å²) in [7, 11) is 0. The molecule has 0 amide bonds. The minimum absolute atomic E-state index is 0.364. The highest BCUT2D eigenvalue weighted by molar-refractivity contribution is 5.01. The first-order valence-electron chi connectivity index (χ1n) is 6.54. The molecule has 5 nitrogen and oxygen atoms in total. The minimum Gasteiger partial charge on any atom is -0.329 e. The summed E-state index contributed by atoms with van der Waals surface area (Å²) in [6, 6.07) is 3.05. The third-order valence-corrected chi connectivity index (χ3v) is 3.38. The summed E-state index contributed by atoms with van der Waals surface area (Å²) >= 11 is 0. The van der Waals surface area contributed by atoms with Crippen molar-refractivity contribution in [2.75, 3.05) is 0 Å². The van der Waals surface area contributed by atoms with Crippen LogP contribution >= 0.6 is 0 Å². The van der Waals surface area contributed by atoms with E-state index in [4.69, 9.17) is 0 Å². The SMILES string of the molecule is CC(Cn1cccn1)n1cncc1CNC1CC1. The zero-order valence-corrected chi connectivity index (χ0v) is 10.7. The van der Waals surface area contributed by atoms with Crippen LogP contribution < -0.4 is 5.32 Å².